The first-order valence-electron chi connectivity index (χ1n) is 12.2. The average molecular weight is 722 g/mol. The smallest absolute Gasteiger partial charge is 0.398 e. The molecule has 2 aromatic rings. The van der Waals surface area contributed by atoms with E-state index in [0.717, 1.165) is 0 Å². The zero-order valence-corrected chi connectivity index (χ0v) is 22.7. The van der Waals surface area contributed by atoms with Gasteiger partial charge in [0.05, 0.1) is 13.2 Å². The maximum Gasteiger partial charge on any atom is 0.416 e. The van der Waals surface area contributed by atoms with Gasteiger partial charge >= 0.3 is 37.1 Å². The minimum atomic E-state index is -6.96. The summed E-state index contributed by atoms with van der Waals surface area (Å²) in [6, 6.07) is -0.921. The van der Waals surface area contributed by atoms with E-state index < -0.39 is 119 Å². The van der Waals surface area contributed by atoms with Crippen LogP contribution in [0.2, 0.25) is 0 Å². The van der Waals surface area contributed by atoms with Crippen LogP contribution in [0.1, 0.15) is 22.3 Å². The Bertz CT molecular complexity index is 1210. The first-order chi connectivity index (χ1) is 20.8. The van der Waals surface area contributed by atoms with Crippen molar-refractivity contribution in [2.24, 2.45) is 0 Å². The molecule has 0 heterocycles. The SMILES string of the molecule is Nc1cc(C(C(F)(F)F)(C(F)(F)F)C(F)(F)F)cc(N)c1CCOCCc1c(N)cc(C(C(F)(F)F)(C(F)(F)F)C(F)(F)F)cc1N. The molecule has 0 radical (unpaired) electrons. The van der Waals surface area contributed by atoms with Crippen molar-refractivity contribution in [2.75, 3.05) is 36.1 Å². The molecule has 0 aliphatic carbocycles. The number of hydrogen-bond donors (Lipinski definition) is 4. The third-order valence-corrected chi connectivity index (χ3v) is 7.05. The molecule has 0 aromatic heterocycles. The van der Waals surface area contributed by atoms with Crippen molar-refractivity contribution in [2.45, 2.75) is 60.7 Å². The van der Waals surface area contributed by atoms with Crippen LogP contribution in [0.15, 0.2) is 24.3 Å². The lowest BCUT2D eigenvalue weighted by Crippen LogP contribution is -2.63. The van der Waals surface area contributed by atoms with Crippen molar-refractivity contribution in [3.63, 3.8) is 0 Å². The van der Waals surface area contributed by atoms with Gasteiger partial charge in [0, 0.05) is 33.9 Å². The number of nitrogen functional groups attached to an aromatic ring is 4. The molecule has 0 amide bonds. The molecule has 0 saturated heterocycles. The molecule has 0 bridgehead atoms. The van der Waals surface area contributed by atoms with E-state index in [-0.39, 0.29) is 24.3 Å². The van der Waals surface area contributed by atoms with Gasteiger partial charge < -0.3 is 27.7 Å². The molecule has 47 heavy (non-hydrogen) atoms. The number of nitrogens with two attached hydrogens (primary N) is 4. The predicted octanol–water partition coefficient (Wildman–Crippen LogP) is 7.67. The monoisotopic (exact) mass is 722 g/mol. The lowest BCUT2D eigenvalue weighted by molar-refractivity contribution is -0.389. The van der Waals surface area contributed by atoms with Crippen molar-refractivity contribution in [3.8, 4) is 0 Å². The Morgan fingerprint density at radius 3 is 0.745 bits per heavy atom. The molecule has 0 aliphatic heterocycles. The fraction of sp³-hybridized carbons (Fsp3) is 0.500. The third kappa shape index (κ3) is 6.58. The van der Waals surface area contributed by atoms with Gasteiger partial charge in [-0.2, -0.15) is 79.0 Å². The number of rotatable bonds is 8. The number of hydrogen-bond acceptors (Lipinski definition) is 5. The maximum atomic E-state index is 13.4. The fourth-order valence-electron chi connectivity index (χ4n) is 4.84. The zero-order chi connectivity index (χ0) is 37.0. The molecular formula is C24H20F18N4O. The molecule has 5 nitrogen and oxygen atoms in total. The number of ether oxygens (including phenoxy) is 1. The summed E-state index contributed by atoms with van der Waals surface area (Å²) >= 11 is 0. The van der Waals surface area contributed by atoms with E-state index in [0.29, 0.717) is 0 Å². The second-order valence-electron chi connectivity index (χ2n) is 9.87. The van der Waals surface area contributed by atoms with Crippen molar-refractivity contribution in [3.05, 3.63) is 46.5 Å². The van der Waals surface area contributed by atoms with Gasteiger partial charge in [0.25, 0.3) is 10.8 Å². The van der Waals surface area contributed by atoms with Gasteiger partial charge in [0.1, 0.15) is 0 Å². The Kier molecular flexibility index (Phi) is 10.2. The van der Waals surface area contributed by atoms with E-state index >= 15 is 0 Å². The van der Waals surface area contributed by atoms with Gasteiger partial charge in [0.15, 0.2) is 0 Å². The Hall–Kier alpha value is -3.66. The highest BCUT2D eigenvalue weighted by Crippen LogP contribution is 2.62. The van der Waals surface area contributed by atoms with Crippen molar-refractivity contribution < 1.29 is 83.8 Å². The summed E-state index contributed by atoms with van der Waals surface area (Å²) in [5.41, 5.74) is -0.943. The van der Waals surface area contributed by atoms with E-state index in [1.54, 1.807) is 0 Å². The van der Waals surface area contributed by atoms with Crippen LogP contribution in [-0.4, -0.2) is 50.3 Å². The summed E-state index contributed by atoms with van der Waals surface area (Å²) in [6.07, 6.45) is -42.9. The Morgan fingerprint density at radius 1 is 0.383 bits per heavy atom. The van der Waals surface area contributed by atoms with Crippen LogP contribution >= 0.6 is 0 Å². The van der Waals surface area contributed by atoms with Crippen LogP contribution < -0.4 is 22.9 Å². The first kappa shape index (κ1) is 39.5. The van der Waals surface area contributed by atoms with Crippen LogP contribution in [0, 0.1) is 0 Å². The van der Waals surface area contributed by atoms with Gasteiger partial charge in [-0.15, -0.1) is 0 Å². The summed E-state index contributed by atoms with van der Waals surface area (Å²) in [7, 11) is 0. The highest BCUT2D eigenvalue weighted by Gasteiger charge is 2.85. The van der Waals surface area contributed by atoms with E-state index in [9.17, 15) is 79.0 Å². The molecule has 2 aromatic carbocycles. The molecular weight excluding hydrogens is 702 g/mol. The quantitative estimate of drug-likeness (QED) is 0.127. The molecule has 0 aliphatic rings. The van der Waals surface area contributed by atoms with Gasteiger partial charge in [-0.05, 0) is 48.2 Å². The van der Waals surface area contributed by atoms with Crippen molar-refractivity contribution >= 4 is 22.7 Å². The van der Waals surface area contributed by atoms with E-state index in [2.05, 4.69) is 0 Å². The van der Waals surface area contributed by atoms with E-state index in [4.69, 9.17) is 27.7 Å². The molecule has 23 heteroatoms. The minimum Gasteiger partial charge on any atom is -0.398 e. The van der Waals surface area contributed by atoms with Crippen molar-refractivity contribution in [1.82, 2.24) is 0 Å². The Balaban J connectivity index is 2.33. The highest BCUT2D eigenvalue weighted by molar-refractivity contribution is 5.66. The summed E-state index contributed by atoms with van der Waals surface area (Å²) < 4.78 is 247. The molecule has 0 atom stereocenters. The Morgan fingerprint density at radius 2 is 0.574 bits per heavy atom. The van der Waals surface area contributed by atoms with Crippen LogP contribution in [0.3, 0.4) is 0 Å². The second-order valence-corrected chi connectivity index (χ2v) is 9.87. The van der Waals surface area contributed by atoms with Crippen LogP contribution in [-0.2, 0) is 28.4 Å². The lowest BCUT2D eigenvalue weighted by Gasteiger charge is -2.39. The second kappa shape index (κ2) is 12.1. The van der Waals surface area contributed by atoms with Crippen LogP contribution in [0.25, 0.3) is 0 Å². The van der Waals surface area contributed by atoms with E-state index in [1.807, 2.05) is 0 Å². The highest BCUT2D eigenvalue weighted by atomic mass is 19.4. The van der Waals surface area contributed by atoms with Crippen LogP contribution in [0.5, 0.6) is 0 Å². The van der Waals surface area contributed by atoms with Gasteiger partial charge in [-0.25, -0.2) is 0 Å². The number of alkyl halides is 18. The number of benzene rings is 2. The molecule has 2 rings (SSSR count). The largest absolute Gasteiger partial charge is 0.416 e. The van der Waals surface area contributed by atoms with Gasteiger partial charge in [0.2, 0.25) is 0 Å². The molecule has 8 N–H and O–H groups in total. The summed E-state index contributed by atoms with van der Waals surface area (Å²) in [5, 5.41) is 0. The molecule has 268 valence electrons. The van der Waals surface area contributed by atoms with Crippen LogP contribution in [0.4, 0.5) is 102 Å². The molecule has 0 fully saturated rings. The number of halogens is 18. The normalized spacial score (nSPS) is 14.5. The molecule has 0 unspecified atom stereocenters. The molecule has 0 saturated carbocycles. The van der Waals surface area contributed by atoms with E-state index in [1.165, 1.54) is 0 Å². The van der Waals surface area contributed by atoms with Gasteiger partial charge in [-0.1, -0.05) is 0 Å². The average Bonchev–Trinajstić information content (AvgIpc) is 2.76. The topological polar surface area (TPSA) is 113 Å². The fourth-order valence-corrected chi connectivity index (χ4v) is 4.84. The maximum absolute atomic E-state index is 13.4. The first-order valence-corrected chi connectivity index (χ1v) is 12.2. The van der Waals surface area contributed by atoms with Gasteiger partial charge in [-0.3, -0.25) is 0 Å². The number of anilines is 4. The predicted molar refractivity (Wildman–Crippen MR) is 128 cm³/mol. The van der Waals surface area contributed by atoms with Crippen molar-refractivity contribution in [1.29, 1.82) is 0 Å². The summed E-state index contributed by atoms with van der Waals surface area (Å²) in [6.45, 7) is -1.21. The third-order valence-electron chi connectivity index (χ3n) is 7.05. The standard InChI is InChI=1S/C24H20F18N4O/c25-19(26,27)17(20(28,29)30,21(31,32)33)9-5-13(43)11(14(44)6-9)1-3-47-4-2-12-15(45)7-10(8-16(12)46)18(22(34,35)36,23(37,38)39)24(40,41)42/h5-8H,1-4,43-46H2. The Labute approximate surface area is 250 Å². The lowest BCUT2D eigenvalue weighted by atomic mass is 9.77. The summed E-state index contributed by atoms with van der Waals surface area (Å²) in [5.74, 6) is 0. The zero-order valence-electron chi connectivity index (χ0n) is 22.7. The molecule has 0 spiro atoms. The minimum absolute atomic E-state index is 0.230. The summed E-state index contributed by atoms with van der Waals surface area (Å²) in [4.78, 5) is 0.